The van der Waals surface area contributed by atoms with Crippen LogP contribution in [0.5, 0.6) is 0 Å². The average Bonchev–Trinajstić information content (AvgIpc) is 3.38. The monoisotopic (exact) mass is 337 g/mol. The number of carboxylic acid groups (broad SMARTS) is 1. The molecule has 5 N–H and O–H groups in total. The maximum atomic E-state index is 8.36. The van der Waals surface area contributed by atoms with Gasteiger partial charge < -0.3 is 15.8 Å². The fourth-order valence-electron chi connectivity index (χ4n) is 4.05. The summed E-state index contributed by atoms with van der Waals surface area (Å²) in [5.41, 5.74) is 8.50. The smallest absolute Gasteiger partial charge is 0.290 e. The molecule has 5 rings (SSSR count). The van der Waals surface area contributed by atoms with Crippen molar-refractivity contribution >= 4 is 17.4 Å². The highest BCUT2D eigenvalue weighted by atomic mass is 16.3. The Morgan fingerprint density at radius 3 is 2.76 bits per heavy atom. The van der Waals surface area contributed by atoms with E-state index < -0.39 is 0 Å². The molecule has 4 atom stereocenters. The fourth-order valence-corrected chi connectivity index (χ4v) is 4.05. The van der Waals surface area contributed by atoms with Crippen LogP contribution in [0.1, 0.15) is 18.2 Å². The van der Waals surface area contributed by atoms with Gasteiger partial charge in [0.1, 0.15) is 5.82 Å². The SMILES string of the molecule is N[C@@H]1[C@H](c2nc(-c3c[nH]c4ccccc34)n[nH]2)[C@@H]2C=C[C@H]1C2.O=CO. The molecular weight excluding hydrogens is 318 g/mol. The first-order valence-corrected chi connectivity index (χ1v) is 8.23. The number of carbonyl (C=O) groups is 1. The molecule has 3 aromatic rings. The van der Waals surface area contributed by atoms with Gasteiger partial charge in [-0.25, -0.2) is 4.98 Å². The lowest BCUT2D eigenvalue weighted by Gasteiger charge is -2.22. The molecule has 0 unspecified atom stereocenters. The van der Waals surface area contributed by atoms with Crippen molar-refractivity contribution in [2.24, 2.45) is 17.6 Å². The third kappa shape index (κ3) is 2.53. The second-order valence-corrected chi connectivity index (χ2v) is 6.45. The van der Waals surface area contributed by atoms with Crippen LogP contribution in [-0.4, -0.2) is 37.8 Å². The largest absolute Gasteiger partial charge is 0.483 e. The molecule has 2 bridgehead atoms. The number of fused-ring (bicyclic) bond motifs is 3. The van der Waals surface area contributed by atoms with Crippen molar-refractivity contribution in [1.82, 2.24) is 20.2 Å². The van der Waals surface area contributed by atoms with Gasteiger partial charge in [0, 0.05) is 34.6 Å². The van der Waals surface area contributed by atoms with Crippen molar-refractivity contribution in [2.75, 3.05) is 0 Å². The van der Waals surface area contributed by atoms with Crippen LogP contribution in [0.2, 0.25) is 0 Å². The van der Waals surface area contributed by atoms with Crippen LogP contribution in [0, 0.1) is 11.8 Å². The van der Waals surface area contributed by atoms with E-state index in [0.717, 1.165) is 34.5 Å². The molecule has 1 aromatic carbocycles. The van der Waals surface area contributed by atoms with Crippen LogP contribution in [0.25, 0.3) is 22.3 Å². The molecule has 0 radical (unpaired) electrons. The first-order valence-electron chi connectivity index (χ1n) is 8.23. The number of benzene rings is 1. The van der Waals surface area contributed by atoms with Crippen molar-refractivity contribution in [3.05, 3.63) is 48.4 Å². The number of H-pyrrole nitrogens is 2. The highest BCUT2D eigenvalue weighted by molar-refractivity contribution is 5.93. The van der Waals surface area contributed by atoms with E-state index in [2.05, 4.69) is 39.5 Å². The first kappa shape index (κ1) is 15.6. The zero-order chi connectivity index (χ0) is 17.4. The minimum absolute atomic E-state index is 0.152. The van der Waals surface area contributed by atoms with Gasteiger partial charge in [-0.3, -0.25) is 9.89 Å². The topological polar surface area (TPSA) is 121 Å². The Bertz CT molecular complexity index is 928. The van der Waals surface area contributed by atoms with Crippen molar-refractivity contribution in [1.29, 1.82) is 0 Å². The van der Waals surface area contributed by atoms with E-state index in [1.807, 2.05) is 18.3 Å². The molecule has 1 saturated carbocycles. The van der Waals surface area contributed by atoms with Crippen LogP contribution in [0.3, 0.4) is 0 Å². The first-order chi connectivity index (χ1) is 12.2. The quantitative estimate of drug-likeness (QED) is 0.422. The zero-order valence-electron chi connectivity index (χ0n) is 13.5. The number of aromatic amines is 2. The third-order valence-corrected chi connectivity index (χ3v) is 5.17. The summed E-state index contributed by atoms with van der Waals surface area (Å²) in [6.45, 7) is -0.250. The van der Waals surface area contributed by atoms with Crippen molar-refractivity contribution in [2.45, 2.75) is 18.4 Å². The van der Waals surface area contributed by atoms with Gasteiger partial charge in [-0.2, -0.15) is 5.10 Å². The Balaban J connectivity index is 0.000000490. The molecule has 1 fully saturated rings. The summed E-state index contributed by atoms with van der Waals surface area (Å²) in [6, 6.07) is 8.35. The highest BCUT2D eigenvalue weighted by Gasteiger charge is 2.44. The van der Waals surface area contributed by atoms with E-state index in [-0.39, 0.29) is 18.4 Å². The molecule has 2 heterocycles. The number of nitrogens with two attached hydrogens (primary N) is 1. The Kier molecular flexibility index (Phi) is 3.85. The normalized spacial score (nSPS) is 26.6. The van der Waals surface area contributed by atoms with Gasteiger partial charge in [0.2, 0.25) is 0 Å². The molecule has 7 nitrogen and oxygen atoms in total. The van der Waals surface area contributed by atoms with Crippen LogP contribution in [0.15, 0.2) is 42.6 Å². The second kappa shape index (κ2) is 6.18. The minimum Gasteiger partial charge on any atom is -0.483 e. The molecule has 25 heavy (non-hydrogen) atoms. The molecule has 2 aliphatic rings. The van der Waals surface area contributed by atoms with Crippen LogP contribution in [-0.2, 0) is 4.79 Å². The summed E-state index contributed by atoms with van der Waals surface area (Å²) >= 11 is 0. The Hall–Kier alpha value is -2.93. The molecule has 0 saturated heterocycles. The molecule has 2 aromatic heterocycles. The van der Waals surface area contributed by atoms with Gasteiger partial charge in [0.05, 0.1) is 0 Å². The molecule has 0 aliphatic heterocycles. The van der Waals surface area contributed by atoms with E-state index in [1.54, 1.807) is 0 Å². The van der Waals surface area contributed by atoms with Crippen LogP contribution < -0.4 is 5.73 Å². The summed E-state index contributed by atoms with van der Waals surface area (Å²) in [5, 5.41) is 15.6. The van der Waals surface area contributed by atoms with E-state index in [1.165, 1.54) is 0 Å². The van der Waals surface area contributed by atoms with E-state index in [0.29, 0.717) is 11.8 Å². The van der Waals surface area contributed by atoms with Gasteiger partial charge in [0.25, 0.3) is 6.47 Å². The summed E-state index contributed by atoms with van der Waals surface area (Å²) in [7, 11) is 0. The Morgan fingerprint density at radius 1 is 1.24 bits per heavy atom. The van der Waals surface area contributed by atoms with Crippen LogP contribution >= 0.6 is 0 Å². The molecule has 2 aliphatic carbocycles. The van der Waals surface area contributed by atoms with Gasteiger partial charge >= 0.3 is 0 Å². The summed E-state index contributed by atoms with van der Waals surface area (Å²) in [6.07, 6.45) is 7.66. The molecule has 0 spiro atoms. The lowest BCUT2D eigenvalue weighted by molar-refractivity contribution is -0.122. The predicted molar refractivity (Wildman–Crippen MR) is 93.8 cm³/mol. The Morgan fingerprint density at radius 2 is 2.00 bits per heavy atom. The molecular formula is C18H19N5O2. The van der Waals surface area contributed by atoms with Crippen LogP contribution in [0.4, 0.5) is 0 Å². The maximum absolute atomic E-state index is 8.36. The van der Waals surface area contributed by atoms with Gasteiger partial charge in [0.15, 0.2) is 5.82 Å². The predicted octanol–water partition coefficient (Wildman–Crippen LogP) is 2.27. The molecule has 128 valence electrons. The van der Waals surface area contributed by atoms with E-state index >= 15 is 0 Å². The lowest BCUT2D eigenvalue weighted by atomic mass is 9.89. The number of rotatable bonds is 2. The molecule has 7 heteroatoms. The van der Waals surface area contributed by atoms with Crippen molar-refractivity contribution < 1.29 is 9.90 Å². The summed E-state index contributed by atoms with van der Waals surface area (Å²) < 4.78 is 0. The van der Waals surface area contributed by atoms with Gasteiger partial charge in [-0.1, -0.05) is 30.4 Å². The number of hydrogen-bond donors (Lipinski definition) is 4. The summed E-state index contributed by atoms with van der Waals surface area (Å²) in [4.78, 5) is 16.4. The number of aromatic nitrogens is 4. The Labute approximate surface area is 144 Å². The number of nitrogens with zero attached hydrogens (tertiary/aromatic N) is 2. The number of nitrogens with one attached hydrogen (secondary N) is 2. The zero-order valence-corrected chi connectivity index (χ0v) is 13.5. The van der Waals surface area contributed by atoms with E-state index in [9.17, 15) is 0 Å². The minimum atomic E-state index is -0.250. The number of allylic oxidation sites excluding steroid dienone is 1. The van der Waals surface area contributed by atoms with Gasteiger partial charge in [-0.05, 0) is 24.3 Å². The highest BCUT2D eigenvalue weighted by Crippen LogP contribution is 2.47. The van der Waals surface area contributed by atoms with Crippen molar-refractivity contribution in [3.63, 3.8) is 0 Å². The van der Waals surface area contributed by atoms with Gasteiger partial charge in [-0.15, -0.1) is 0 Å². The fraction of sp³-hybridized carbons (Fsp3) is 0.278. The lowest BCUT2D eigenvalue weighted by Crippen LogP contribution is -2.32. The number of para-hydroxylation sites is 1. The average molecular weight is 337 g/mol. The van der Waals surface area contributed by atoms with E-state index in [4.69, 9.17) is 20.6 Å². The maximum Gasteiger partial charge on any atom is 0.290 e. The standard InChI is InChI=1S/C17H17N5.CH2O2/c18-15-10-6-5-9(7-10)14(15)17-20-16(21-22-17)12-8-19-13-4-2-1-3-11(12)13;2-1-3/h1-6,8-10,14-15,19H,7,18H2,(H,20,21,22);1H,(H,2,3)/t9-,10+,14-,15+;/m1./s1. The third-order valence-electron chi connectivity index (χ3n) is 5.17. The summed E-state index contributed by atoms with van der Waals surface area (Å²) in [5.74, 6) is 2.93. The number of hydrogen-bond acceptors (Lipinski definition) is 4. The second-order valence-electron chi connectivity index (χ2n) is 6.45. The van der Waals surface area contributed by atoms with Crippen molar-refractivity contribution in [3.8, 4) is 11.4 Å². The molecule has 0 amide bonds.